The highest BCUT2D eigenvalue weighted by Gasteiger charge is 2.29. The van der Waals surface area contributed by atoms with Crippen molar-refractivity contribution in [2.75, 3.05) is 26.8 Å². The lowest BCUT2D eigenvalue weighted by atomic mass is 9.94. The van der Waals surface area contributed by atoms with Crippen LogP contribution in [0.4, 0.5) is 0 Å². The van der Waals surface area contributed by atoms with E-state index in [9.17, 15) is 0 Å². The van der Waals surface area contributed by atoms with E-state index in [1.165, 1.54) is 24.0 Å². The van der Waals surface area contributed by atoms with Crippen molar-refractivity contribution in [1.29, 1.82) is 0 Å². The summed E-state index contributed by atoms with van der Waals surface area (Å²) in [5.74, 6) is 0. The number of hydrogen-bond donors (Lipinski definition) is 1. The summed E-state index contributed by atoms with van der Waals surface area (Å²) >= 11 is 0. The smallest absolute Gasteiger partial charge is 0.0589 e. The van der Waals surface area contributed by atoms with Gasteiger partial charge in [-0.15, -0.1) is 0 Å². The van der Waals surface area contributed by atoms with Crippen LogP contribution in [0.1, 0.15) is 36.4 Å². The number of rotatable bonds is 4. The second kappa shape index (κ2) is 6.98. The molecule has 0 spiro atoms. The maximum Gasteiger partial charge on any atom is 0.0589 e. The van der Waals surface area contributed by atoms with Gasteiger partial charge in [0.1, 0.15) is 0 Å². The molecule has 0 amide bonds. The monoisotopic (exact) mass is 263 g/mol. The first kappa shape index (κ1) is 14.4. The van der Waals surface area contributed by atoms with Crippen molar-refractivity contribution in [2.45, 2.75) is 38.3 Å². The third-order valence-corrected chi connectivity index (χ3v) is 4.01. The van der Waals surface area contributed by atoms with Crippen LogP contribution in [0.15, 0.2) is 18.5 Å². The van der Waals surface area contributed by atoms with Gasteiger partial charge in [0.15, 0.2) is 0 Å². The number of aryl methyl sites for hydroxylation is 1. The van der Waals surface area contributed by atoms with E-state index in [0.29, 0.717) is 0 Å². The van der Waals surface area contributed by atoms with Gasteiger partial charge in [-0.3, -0.25) is 9.88 Å². The molecule has 0 aliphatic carbocycles. The lowest BCUT2D eigenvalue weighted by Gasteiger charge is -2.34. The molecule has 4 nitrogen and oxygen atoms in total. The van der Waals surface area contributed by atoms with E-state index < -0.39 is 0 Å². The van der Waals surface area contributed by atoms with E-state index in [4.69, 9.17) is 10.5 Å². The van der Waals surface area contributed by atoms with E-state index in [0.717, 1.165) is 26.1 Å². The molecule has 1 aromatic rings. The van der Waals surface area contributed by atoms with Crippen LogP contribution in [0, 0.1) is 6.92 Å². The predicted octanol–water partition coefficient (Wildman–Crippen LogP) is 1.89. The molecule has 0 aromatic carbocycles. The lowest BCUT2D eigenvalue weighted by molar-refractivity contribution is 0.114. The summed E-state index contributed by atoms with van der Waals surface area (Å²) in [7, 11) is 1.75. The van der Waals surface area contributed by atoms with E-state index in [1.54, 1.807) is 7.11 Å². The highest BCUT2D eigenvalue weighted by atomic mass is 16.5. The van der Waals surface area contributed by atoms with E-state index in [-0.39, 0.29) is 12.1 Å². The molecule has 1 aliphatic rings. The number of nitrogens with two attached hydrogens (primary N) is 1. The zero-order valence-corrected chi connectivity index (χ0v) is 12.0. The fraction of sp³-hybridized carbons (Fsp3) is 0.667. The minimum atomic E-state index is 0.183. The summed E-state index contributed by atoms with van der Waals surface area (Å²) in [5, 5.41) is 0. The standard InChI is InChI=1S/C15H25N3O/c1-12-6-7-17-11-13(12)15-14(16)5-3-4-8-18(15)9-10-19-2/h6-7,11,14-15H,3-5,8-10,16H2,1-2H3. The Morgan fingerprint density at radius 2 is 2.32 bits per heavy atom. The van der Waals surface area contributed by atoms with E-state index in [1.807, 2.05) is 12.4 Å². The highest BCUT2D eigenvalue weighted by molar-refractivity contribution is 5.26. The van der Waals surface area contributed by atoms with Crippen molar-refractivity contribution >= 4 is 0 Å². The second-order valence-corrected chi connectivity index (χ2v) is 5.37. The average Bonchev–Trinajstić information content (AvgIpc) is 2.59. The van der Waals surface area contributed by atoms with Crippen molar-refractivity contribution in [3.63, 3.8) is 0 Å². The molecule has 106 valence electrons. The molecule has 2 rings (SSSR count). The quantitative estimate of drug-likeness (QED) is 0.901. The predicted molar refractivity (Wildman–Crippen MR) is 77.0 cm³/mol. The molecule has 1 fully saturated rings. The number of ether oxygens (including phenoxy) is 1. The molecule has 1 aromatic heterocycles. The van der Waals surface area contributed by atoms with Crippen molar-refractivity contribution in [3.8, 4) is 0 Å². The van der Waals surface area contributed by atoms with Gasteiger partial charge in [-0.1, -0.05) is 6.42 Å². The van der Waals surface area contributed by atoms with E-state index in [2.05, 4.69) is 22.9 Å². The zero-order chi connectivity index (χ0) is 13.7. The Labute approximate surface area is 116 Å². The van der Waals surface area contributed by atoms with Crippen molar-refractivity contribution in [2.24, 2.45) is 5.73 Å². The zero-order valence-electron chi connectivity index (χ0n) is 12.0. The molecule has 1 aliphatic heterocycles. The van der Waals surface area contributed by atoms with Gasteiger partial charge in [0.25, 0.3) is 0 Å². The number of hydrogen-bond acceptors (Lipinski definition) is 4. The number of aromatic nitrogens is 1. The Bertz CT molecular complexity index is 397. The Morgan fingerprint density at radius 3 is 3.05 bits per heavy atom. The molecule has 2 N–H and O–H groups in total. The molecule has 19 heavy (non-hydrogen) atoms. The summed E-state index contributed by atoms with van der Waals surface area (Å²) in [6.07, 6.45) is 7.34. The first-order chi connectivity index (χ1) is 9.24. The largest absolute Gasteiger partial charge is 0.383 e. The Balaban J connectivity index is 2.26. The van der Waals surface area contributed by atoms with Crippen molar-refractivity contribution < 1.29 is 4.74 Å². The molecule has 4 heteroatoms. The van der Waals surface area contributed by atoms with Gasteiger partial charge in [-0.05, 0) is 43.5 Å². The van der Waals surface area contributed by atoms with E-state index >= 15 is 0 Å². The summed E-state index contributed by atoms with van der Waals surface area (Å²) in [6.45, 7) is 4.92. The summed E-state index contributed by atoms with van der Waals surface area (Å²) < 4.78 is 5.24. The molecule has 2 unspecified atom stereocenters. The molecule has 0 radical (unpaired) electrons. The minimum Gasteiger partial charge on any atom is -0.383 e. The second-order valence-electron chi connectivity index (χ2n) is 5.37. The van der Waals surface area contributed by atoms with Crippen molar-refractivity contribution in [3.05, 3.63) is 29.6 Å². The van der Waals surface area contributed by atoms with Crippen LogP contribution in [0.25, 0.3) is 0 Å². The van der Waals surface area contributed by atoms with Gasteiger partial charge in [0.05, 0.1) is 12.6 Å². The van der Waals surface area contributed by atoms with Gasteiger partial charge >= 0.3 is 0 Å². The molecule has 0 saturated carbocycles. The Kier molecular flexibility index (Phi) is 5.31. The maximum atomic E-state index is 6.43. The molecule has 1 saturated heterocycles. The highest BCUT2D eigenvalue weighted by Crippen LogP contribution is 2.30. The molecular weight excluding hydrogens is 238 g/mol. The van der Waals surface area contributed by atoms with Gasteiger partial charge < -0.3 is 10.5 Å². The van der Waals surface area contributed by atoms with Crippen LogP contribution in [-0.4, -0.2) is 42.7 Å². The normalized spacial score (nSPS) is 25.2. The summed E-state index contributed by atoms with van der Waals surface area (Å²) in [4.78, 5) is 6.75. The number of likely N-dealkylation sites (tertiary alicyclic amines) is 1. The summed E-state index contributed by atoms with van der Waals surface area (Å²) in [5.41, 5.74) is 8.98. The van der Waals surface area contributed by atoms with Crippen LogP contribution >= 0.6 is 0 Å². The molecular formula is C15H25N3O. The topological polar surface area (TPSA) is 51.4 Å². The average molecular weight is 263 g/mol. The summed E-state index contributed by atoms with van der Waals surface area (Å²) in [6, 6.07) is 2.52. The molecule has 2 atom stereocenters. The third-order valence-electron chi connectivity index (χ3n) is 4.01. The van der Waals surface area contributed by atoms with Crippen LogP contribution in [0.3, 0.4) is 0 Å². The van der Waals surface area contributed by atoms with Gasteiger partial charge in [0.2, 0.25) is 0 Å². The first-order valence-electron chi connectivity index (χ1n) is 7.13. The van der Waals surface area contributed by atoms with Crippen LogP contribution in [0.2, 0.25) is 0 Å². The van der Waals surface area contributed by atoms with Crippen LogP contribution in [0.5, 0.6) is 0 Å². The fourth-order valence-corrected chi connectivity index (χ4v) is 2.94. The number of methoxy groups -OCH3 is 1. The van der Waals surface area contributed by atoms with Crippen molar-refractivity contribution in [1.82, 2.24) is 9.88 Å². The Morgan fingerprint density at radius 1 is 1.47 bits per heavy atom. The van der Waals surface area contributed by atoms with Gasteiger partial charge in [-0.25, -0.2) is 0 Å². The van der Waals surface area contributed by atoms with Crippen LogP contribution < -0.4 is 5.73 Å². The number of pyridine rings is 1. The maximum absolute atomic E-state index is 6.43. The molecule has 2 heterocycles. The minimum absolute atomic E-state index is 0.183. The third kappa shape index (κ3) is 3.53. The van der Waals surface area contributed by atoms with Gasteiger partial charge in [0, 0.05) is 32.1 Å². The lowest BCUT2D eigenvalue weighted by Crippen LogP contribution is -2.41. The Hall–Kier alpha value is -0.970. The number of nitrogens with zero attached hydrogens (tertiary/aromatic N) is 2. The molecule has 0 bridgehead atoms. The van der Waals surface area contributed by atoms with Gasteiger partial charge in [-0.2, -0.15) is 0 Å². The fourth-order valence-electron chi connectivity index (χ4n) is 2.94. The first-order valence-corrected chi connectivity index (χ1v) is 7.13. The SMILES string of the molecule is COCCN1CCCCC(N)C1c1cnccc1C. The van der Waals surface area contributed by atoms with Crippen LogP contribution in [-0.2, 0) is 4.74 Å².